The molecule has 1 heterocycles. The predicted molar refractivity (Wildman–Crippen MR) is 97.4 cm³/mol. The molecule has 7 heteroatoms. The minimum atomic E-state index is 0. The third kappa shape index (κ3) is 7.99. The van der Waals surface area contributed by atoms with Crippen molar-refractivity contribution in [3.8, 4) is 0 Å². The maximum absolute atomic E-state index is 11.7. The van der Waals surface area contributed by atoms with Gasteiger partial charge in [0.1, 0.15) is 0 Å². The van der Waals surface area contributed by atoms with Crippen molar-refractivity contribution in [2.45, 2.75) is 19.5 Å². The van der Waals surface area contributed by atoms with Crippen LogP contribution in [-0.2, 0) is 22.6 Å². The van der Waals surface area contributed by atoms with Crippen molar-refractivity contribution < 1.29 is 9.53 Å². The van der Waals surface area contributed by atoms with Crippen LogP contribution in [0.4, 0.5) is 0 Å². The first-order valence-electron chi connectivity index (χ1n) is 7.58. The lowest BCUT2D eigenvalue weighted by atomic mass is 10.1. The molecule has 1 aromatic carbocycles. The summed E-state index contributed by atoms with van der Waals surface area (Å²) in [7, 11) is 1.85. The molecule has 0 bridgehead atoms. The van der Waals surface area contributed by atoms with Crippen LogP contribution in [0.15, 0.2) is 24.3 Å². The van der Waals surface area contributed by atoms with Gasteiger partial charge in [0.15, 0.2) is 0 Å². The molecule has 23 heavy (non-hydrogen) atoms. The summed E-state index contributed by atoms with van der Waals surface area (Å²) >= 11 is 0. The Balaban J connectivity index is 0.00000242. The Hall–Kier alpha value is -0.850. The molecule has 132 valence electrons. The van der Waals surface area contributed by atoms with E-state index in [-0.39, 0.29) is 30.7 Å². The summed E-state index contributed by atoms with van der Waals surface area (Å²) in [6.07, 6.45) is 0.516. The van der Waals surface area contributed by atoms with Gasteiger partial charge in [0, 0.05) is 39.1 Å². The van der Waals surface area contributed by atoms with Crippen LogP contribution >= 0.6 is 24.8 Å². The Labute approximate surface area is 151 Å². The van der Waals surface area contributed by atoms with Crippen molar-refractivity contribution in [3.63, 3.8) is 0 Å². The summed E-state index contributed by atoms with van der Waals surface area (Å²) in [5.74, 6) is 0.0884. The molecular weight excluding hydrogens is 337 g/mol. The Bertz CT molecular complexity index is 455. The van der Waals surface area contributed by atoms with Gasteiger partial charge in [-0.1, -0.05) is 24.3 Å². The average molecular weight is 364 g/mol. The van der Waals surface area contributed by atoms with E-state index in [1.54, 1.807) is 0 Å². The highest BCUT2D eigenvalue weighted by molar-refractivity contribution is 5.85. The molecule has 1 saturated heterocycles. The smallest absolute Gasteiger partial charge is 0.221 e. The fraction of sp³-hybridized carbons (Fsp3) is 0.562. The first-order chi connectivity index (χ1) is 10.3. The summed E-state index contributed by atoms with van der Waals surface area (Å²) < 4.78 is 5.38. The van der Waals surface area contributed by atoms with Crippen LogP contribution < -0.4 is 10.6 Å². The Morgan fingerprint density at radius 3 is 2.48 bits per heavy atom. The molecule has 1 amide bonds. The van der Waals surface area contributed by atoms with Crippen LogP contribution in [0.25, 0.3) is 0 Å². The largest absolute Gasteiger partial charge is 0.379 e. The number of amides is 1. The van der Waals surface area contributed by atoms with E-state index in [0.717, 1.165) is 32.8 Å². The lowest BCUT2D eigenvalue weighted by molar-refractivity contribution is -0.121. The second-order valence-corrected chi connectivity index (χ2v) is 5.29. The lowest BCUT2D eigenvalue weighted by Crippen LogP contribution is -2.36. The molecule has 0 atom stereocenters. The monoisotopic (exact) mass is 363 g/mol. The number of hydrogen-bond acceptors (Lipinski definition) is 4. The fourth-order valence-electron chi connectivity index (χ4n) is 2.41. The number of halogens is 2. The molecule has 0 unspecified atom stereocenters. The maximum Gasteiger partial charge on any atom is 0.221 e. The second kappa shape index (κ2) is 12.6. The molecule has 1 aromatic rings. The number of ether oxygens (including phenoxy) is 1. The van der Waals surface area contributed by atoms with Gasteiger partial charge in [-0.05, 0) is 18.2 Å². The number of carbonyl (C=O) groups is 1. The zero-order valence-corrected chi connectivity index (χ0v) is 15.2. The molecule has 1 aliphatic rings. The summed E-state index contributed by atoms with van der Waals surface area (Å²) in [4.78, 5) is 14.1. The van der Waals surface area contributed by atoms with Crippen LogP contribution in [-0.4, -0.2) is 50.7 Å². The van der Waals surface area contributed by atoms with Gasteiger partial charge in [-0.2, -0.15) is 0 Å². The quantitative estimate of drug-likeness (QED) is 0.772. The zero-order valence-electron chi connectivity index (χ0n) is 13.5. The number of rotatable bonds is 7. The molecule has 0 aliphatic carbocycles. The van der Waals surface area contributed by atoms with Crippen molar-refractivity contribution in [2.24, 2.45) is 0 Å². The maximum atomic E-state index is 11.7. The van der Waals surface area contributed by atoms with Crippen molar-refractivity contribution in [1.82, 2.24) is 15.5 Å². The van der Waals surface area contributed by atoms with E-state index < -0.39 is 0 Å². The van der Waals surface area contributed by atoms with Crippen LogP contribution in [0.1, 0.15) is 17.5 Å². The first kappa shape index (κ1) is 22.1. The number of nitrogens with one attached hydrogen (secondary N) is 2. The molecule has 2 rings (SSSR count). The number of benzene rings is 1. The molecule has 1 aliphatic heterocycles. The summed E-state index contributed by atoms with van der Waals surface area (Å²) in [5, 5.41) is 5.97. The van der Waals surface area contributed by atoms with Crippen LogP contribution in [0.3, 0.4) is 0 Å². The van der Waals surface area contributed by atoms with Gasteiger partial charge in [0.05, 0.1) is 13.2 Å². The Morgan fingerprint density at radius 2 is 1.83 bits per heavy atom. The highest BCUT2D eigenvalue weighted by atomic mass is 35.5. The highest BCUT2D eigenvalue weighted by Gasteiger charge is 2.12. The van der Waals surface area contributed by atoms with E-state index in [9.17, 15) is 4.79 Å². The molecule has 0 radical (unpaired) electrons. The van der Waals surface area contributed by atoms with Crippen LogP contribution in [0.5, 0.6) is 0 Å². The molecule has 0 spiro atoms. The molecular formula is C16H27Cl2N3O2. The second-order valence-electron chi connectivity index (χ2n) is 5.29. The Morgan fingerprint density at radius 1 is 1.17 bits per heavy atom. The van der Waals surface area contributed by atoms with Crippen molar-refractivity contribution >= 4 is 30.7 Å². The Kier molecular flexibility index (Phi) is 12.1. The average Bonchev–Trinajstić information content (AvgIpc) is 2.53. The van der Waals surface area contributed by atoms with E-state index in [2.05, 4.69) is 33.7 Å². The fourth-order valence-corrected chi connectivity index (χ4v) is 2.41. The molecule has 0 aromatic heterocycles. The van der Waals surface area contributed by atoms with Gasteiger partial charge in [-0.3, -0.25) is 9.69 Å². The van der Waals surface area contributed by atoms with Gasteiger partial charge in [-0.15, -0.1) is 24.8 Å². The van der Waals surface area contributed by atoms with Crippen molar-refractivity contribution in [1.29, 1.82) is 0 Å². The van der Waals surface area contributed by atoms with Gasteiger partial charge >= 0.3 is 0 Å². The van der Waals surface area contributed by atoms with E-state index in [1.807, 2.05) is 13.1 Å². The SMILES string of the molecule is CNCCC(=O)NCc1ccccc1CN1CCOCC1.Cl.Cl. The van der Waals surface area contributed by atoms with Crippen LogP contribution in [0.2, 0.25) is 0 Å². The van der Waals surface area contributed by atoms with Gasteiger partial charge < -0.3 is 15.4 Å². The zero-order chi connectivity index (χ0) is 14.9. The van der Waals surface area contributed by atoms with Crippen LogP contribution in [0, 0.1) is 0 Å². The van der Waals surface area contributed by atoms with Gasteiger partial charge in [0.25, 0.3) is 0 Å². The first-order valence-corrected chi connectivity index (χ1v) is 7.58. The topological polar surface area (TPSA) is 53.6 Å². The standard InChI is InChI=1S/C16H25N3O2.2ClH/c1-17-7-6-16(20)18-12-14-4-2-3-5-15(14)13-19-8-10-21-11-9-19;;/h2-5,17H,6-13H2,1H3,(H,18,20);2*1H. The highest BCUT2D eigenvalue weighted by Crippen LogP contribution is 2.13. The lowest BCUT2D eigenvalue weighted by Gasteiger charge is -2.27. The summed E-state index contributed by atoms with van der Waals surface area (Å²) in [6.45, 7) is 5.80. The third-order valence-corrected chi connectivity index (χ3v) is 3.69. The normalized spacial score (nSPS) is 14.5. The van der Waals surface area contributed by atoms with E-state index >= 15 is 0 Å². The molecule has 1 fully saturated rings. The number of carbonyl (C=O) groups excluding carboxylic acids is 1. The number of hydrogen-bond donors (Lipinski definition) is 2. The summed E-state index contributed by atoms with van der Waals surface area (Å²) in [5.41, 5.74) is 2.48. The predicted octanol–water partition coefficient (Wildman–Crippen LogP) is 1.59. The number of nitrogens with zero attached hydrogens (tertiary/aromatic N) is 1. The van der Waals surface area contributed by atoms with E-state index in [4.69, 9.17) is 4.74 Å². The minimum absolute atomic E-state index is 0. The molecule has 2 N–H and O–H groups in total. The van der Waals surface area contributed by atoms with Gasteiger partial charge in [0.2, 0.25) is 5.91 Å². The third-order valence-electron chi connectivity index (χ3n) is 3.69. The molecule has 0 saturated carbocycles. The minimum Gasteiger partial charge on any atom is -0.379 e. The van der Waals surface area contributed by atoms with Crippen molar-refractivity contribution in [2.75, 3.05) is 39.9 Å². The molecule has 5 nitrogen and oxygen atoms in total. The van der Waals surface area contributed by atoms with E-state index in [1.165, 1.54) is 11.1 Å². The van der Waals surface area contributed by atoms with Crippen molar-refractivity contribution in [3.05, 3.63) is 35.4 Å². The number of morpholine rings is 1. The van der Waals surface area contributed by atoms with Gasteiger partial charge in [-0.25, -0.2) is 0 Å². The van der Waals surface area contributed by atoms with E-state index in [0.29, 0.717) is 19.5 Å². The summed E-state index contributed by atoms with van der Waals surface area (Å²) in [6, 6.07) is 8.32.